The fourth-order valence-electron chi connectivity index (χ4n) is 3.43. The van der Waals surface area contributed by atoms with Crippen molar-refractivity contribution < 1.29 is 14.7 Å². The van der Waals surface area contributed by atoms with E-state index in [1.807, 2.05) is 45.9 Å². The lowest BCUT2D eigenvalue weighted by atomic mass is 9.65. The van der Waals surface area contributed by atoms with Crippen LogP contribution in [0, 0.1) is 30.6 Å². The summed E-state index contributed by atoms with van der Waals surface area (Å²) in [6.07, 6.45) is 1.13. The minimum absolute atomic E-state index is 0.0799. The Balaban J connectivity index is 2.24. The Hall–Kier alpha value is -1.84. The molecule has 0 spiro atoms. The molecule has 0 aliphatic heterocycles. The van der Waals surface area contributed by atoms with Gasteiger partial charge in [-0.25, -0.2) is 0 Å². The summed E-state index contributed by atoms with van der Waals surface area (Å²) in [6.45, 7) is 9.47. The van der Waals surface area contributed by atoms with Crippen molar-refractivity contribution in [2.24, 2.45) is 16.7 Å². The molecule has 1 aliphatic carbocycles. The van der Waals surface area contributed by atoms with Crippen LogP contribution in [0.2, 0.25) is 0 Å². The molecule has 0 bridgehead atoms. The van der Waals surface area contributed by atoms with Gasteiger partial charge in [-0.2, -0.15) is 0 Å². The van der Waals surface area contributed by atoms with Crippen LogP contribution in [0.1, 0.15) is 44.7 Å². The molecule has 1 aromatic carbocycles. The number of nitrogens with one attached hydrogen (secondary N) is 1. The maximum atomic E-state index is 12.7. The highest BCUT2D eigenvalue weighted by Gasteiger charge is 2.58. The lowest BCUT2D eigenvalue weighted by Gasteiger charge is -2.37. The van der Waals surface area contributed by atoms with Crippen molar-refractivity contribution in [3.8, 4) is 0 Å². The van der Waals surface area contributed by atoms with E-state index in [4.69, 9.17) is 0 Å². The minimum atomic E-state index is -0.864. The summed E-state index contributed by atoms with van der Waals surface area (Å²) in [7, 11) is 0. The summed E-state index contributed by atoms with van der Waals surface area (Å²) in [4.78, 5) is 24.3. The van der Waals surface area contributed by atoms with Crippen molar-refractivity contribution in [3.05, 3.63) is 29.3 Å². The van der Waals surface area contributed by atoms with Crippen molar-refractivity contribution in [2.75, 3.05) is 5.32 Å². The van der Waals surface area contributed by atoms with Crippen LogP contribution < -0.4 is 5.32 Å². The molecule has 120 valence electrons. The van der Waals surface area contributed by atoms with Crippen LogP contribution in [0.15, 0.2) is 18.2 Å². The van der Waals surface area contributed by atoms with Gasteiger partial charge in [0, 0.05) is 11.6 Å². The second-order valence-corrected chi connectivity index (χ2v) is 7.26. The number of carbonyl (C=O) groups excluding carboxylic acids is 1. The zero-order valence-corrected chi connectivity index (χ0v) is 14.0. The first-order valence-corrected chi connectivity index (χ1v) is 7.71. The molecular formula is C18H25NO3. The number of hydrogen-bond donors (Lipinski definition) is 2. The summed E-state index contributed by atoms with van der Waals surface area (Å²) in [5, 5.41) is 12.5. The third kappa shape index (κ3) is 2.51. The first kappa shape index (κ1) is 16.5. The quantitative estimate of drug-likeness (QED) is 0.893. The third-order valence-electron chi connectivity index (χ3n) is 5.67. The molecule has 0 radical (unpaired) electrons. The number of carbonyl (C=O) groups is 2. The van der Waals surface area contributed by atoms with E-state index in [1.165, 1.54) is 0 Å². The number of hydrogen-bond acceptors (Lipinski definition) is 2. The van der Waals surface area contributed by atoms with E-state index in [-0.39, 0.29) is 11.8 Å². The predicted octanol–water partition coefficient (Wildman–Crippen LogP) is 3.77. The zero-order chi connectivity index (χ0) is 16.7. The molecule has 2 atom stereocenters. The second kappa shape index (κ2) is 5.41. The first-order valence-electron chi connectivity index (χ1n) is 7.71. The number of anilines is 1. The molecule has 2 N–H and O–H groups in total. The molecule has 22 heavy (non-hydrogen) atoms. The van der Waals surface area contributed by atoms with Crippen molar-refractivity contribution in [1.29, 1.82) is 0 Å². The van der Waals surface area contributed by atoms with Gasteiger partial charge in [-0.05, 0) is 56.2 Å². The Morgan fingerprint density at radius 2 is 1.86 bits per heavy atom. The van der Waals surface area contributed by atoms with Gasteiger partial charge < -0.3 is 10.4 Å². The second-order valence-electron chi connectivity index (χ2n) is 7.26. The van der Waals surface area contributed by atoms with Gasteiger partial charge in [-0.1, -0.05) is 26.0 Å². The molecule has 4 heteroatoms. The van der Waals surface area contributed by atoms with Gasteiger partial charge in [0.25, 0.3) is 0 Å². The highest BCUT2D eigenvalue weighted by Crippen LogP contribution is 2.56. The SMILES string of the molecule is Cc1ccc(C)c(NC(=O)[C@@H]2CC[C@@](C)(C(=O)O)C2(C)C)c1. The van der Waals surface area contributed by atoms with Crippen LogP contribution in [0.5, 0.6) is 0 Å². The summed E-state index contributed by atoms with van der Waals surface area (Å²) in [5.41, 5.74) is 1.46. The largest absolute Gasteiger partial charge is 0.481 e. The molecule has 0 aromatic heterocycles. The number of aryl methyl sites for hydroxylation is 2. The third-order valence-corrected chi connectivity index (χ3v) is 5.67. The Labute approximate surface area is 131 Å². The molecule has 1 aliphatic rings. The van der Waals surface area contributed by atoms with Crippen molar-refractivity contribution in [2.45, 2.75) is 47.5 Å². The first-order chi connectivity index (χ1) is 10.1. The molecule has 1 amide bonds. The van der Waals surface area contributed by atoms with Crippen molar-refractivity contribution >= 4 is 17.6 Å². The lowest BCUT2D eigenvalue weighted by Crippen LogP contribution is -2.43. The van der Waals surface area contributed by atoms with E-state index < -0.39 is 16.8 Å². The highest BCUT2D eigenvalue weighted by molar-refractivity contribution is 5.95. The molecule has 0 saturated heterocycles. The van der Waals surface area contributed by atoms with Gasteiger partial charge >= 0.3 is 5.97 Å². The van der Waals surface area contributed by atoms with Gasteiger partial charge in [0.2, 0.25) is 5.91 Å². The fourth-order valence-corrected chi connectivity index (χ4v) is 3.43. The zero-order valence-electron chi connectivity index (χ0n) is 14.0. The van der Waals surface area contributed by atoms with E-state index in [1.54, 1.807) is 6.92 Å². The van der Waals surface area contributed by atoms with Crippen molar-refractivity contribution in [3.63, 3.8) is 0 Å². The van der Waals surface area contributed by atoms with E-state index in [2.05, 4.69) is 5.32 Å². The average molecular weight is 303 g/mol. The van der Waals surface area contributed by atoms with Gasteiger partial charge in [0.05, 0.1) is 5.41 Å². The van der Waals surface area contributed by atoms with Crippen molar-refractivity contribution in [1.82, 2.24) is 0 Å². The Kier molecular flexibility index (Phi) is 4.07. The highest BCUT2D eigenvalue weighted by atomic mass is 16.4. The molecule has 1 fully saturated rings. The van der Waals surface area contributed by atoms with Crippen LogP contribution in [-0.2, 0) is 9.59 Å². The lowest BCUT2D eigenvalue weighted by molar-refractivity contribution is -0.154. The molecular weight excluding hydrogens is 278 g/mol. The van der Waals surface area contributed by atoms with E-state index >= 15 is 0 Å². The Morgan fingerprint density at radius 3 is 2.41 bits per heavy atom. The molecule has 1 aromatic rings. The monoisotopic (exact) mass is 303 g/mol. The van der Waals surface area contributed by atoms with Crippen LogP contribution >= 0.6 is 0 Å². The van der Waals surface area contributed by atoms with Gasteiger partial charge in [0.1, 0.15) is 0 Å². The molecule has 2 rings (SSSR count). The minimum Gasteiger partial charge on any atom is -0.481 e. The van der Waals surface area contributed by atoms with E-state index in [0.29, 0.717) is 12.8 Å². The maximum absolute atomic E-state index is 12.7. The fraction of sp³-hybridized carbons (Fsp3) is 0.556. The van der Waals surface area contributed by atoms with Crippen LogP contribution in [0.4, 0.5) is 5.69 Å². The summed E-state index contributed by atoms with van der Waals surface area (Å²) in [6, 6.07) is 5.93. The normalized spacial score (nSPS) is 26.7. The molecule has 1 saturated carbocycles. The molecule has 4 nitrogen and oxygen atoms in total. The number of aliphatic carboxylic acids is 1. The Bertz CT molecular complexity index is 621. The van der Waals surface area contributed by atoms with Gasteiger partial charge in [-0.3, -0.25) is 9.59 Å². The number of amides is 1. The van der Waals surface area contributed by atoms with E-state index in [9.17, 15) is 14.7 Å². The average Bonchev–Trinajstić information content (AvgIpc) is 2.66. The Morgan fingerprint density at radius 1 is 1.23 bits per heavy atom. The van der Waals surface area contributed by atoms with Crippen LogP contribution in [-0.4, -0.2) is 17.0 Å². The number of carboxylic acids is 1. The number of carboxylic acid groups (broad SMARTS) is 1. The topological polar surface area (TPSA) is 66.4 Å². The number of benzene rings is 1. The standard InChI is InChI=1S/C18H25NO3/c1-11-6-7-12(2)14(10-11)19-15(20)13-8-9-18(5,16(21)22)17(13,3)4/h6-7,10,13H,8-9H2,1-5H3,(H,19,20)(H,21,22)/t13-,18-/m0/s1. The van der Waals surface area contributed by atoms with Crippen LogP contribution in [0.3, 0.4) is 0 Å². The van der Waals surface area contributed by atoms with Crippen LogP contribution in [0.25, 0.3) is 0 Å². The summed E-state index contributed by atoms with van der Waals surface area (Å²) >= 11 is 0. The predicted molar refractivity (Wildman–Crippen MR) is 86.8 cm³/mol. The summed E-state index contributed by atoms with van der Waals surface area (Å²) < 4.78 is 0. The smallest absolute Gasteiger partial charge is 0.309 e. The van der Waals surface area contributed by atoms with E-state index in [0.717, 1.165) is 16.8 Å². The molecule has 0 heterocycles. The van der Waals surface area contributed by atoms with Gasteiger partial charge in [-0.15, -0.1) is 0 Å². The number of rotatable bonds is 3. The van der Waals surface area contributed by atoms with Gasteiger partial charge in [0.15, 0.2) is 0 Å². The maximum Gasteiger partial charge on any atom is 0.309 e. The molecule has 0 unspecified atom stereocenters. The summed E-state index contributed by atoms with van der Waals surface area (Å²) in [5.74, 6) is -1.20.